The van der Waals surface area contributed by atoms with Gasteiger partial charge in [-0.2, -0.15) is 0 Å². The minimum absolute atomic E-state index is 0.372. The first-order valence-electron chi connectivity index (χ1n) is 12.0. The van der Waals surface area contributed by atoms with Crippen LogP contribution >= 0.6 is 0 Å². The number of nitrogens with zero attached hydrogens (tertiary/aromatic N) is 2. The largest absolute Gasteiger partial charge is 0.496 e. The number of carboxylic acids is 1. The van der Waals surface area contributed by atoms with E-state index in [0.717, 1.165) is 43.7 Å². The molecule has 5 heteroatoms. The zero-order valence-electron chi connectivity index (χ0n) is 18.7. The summed E-state index contributed by atoms with van der Waals surface area (Å²) in [6.45, 7) is 2.98. The Morgan fingerprint density at radius 1 is 1.03 bits per heavy atom. The number of ether oxygens (including phenoxy) is 1. The van der Waals surface area contributed by atoms with E-state index >= 15 is 0 Å². The smallest absolute Gasteiger partial charge is 0.335 e. The number of hydrogen-bond acceptors (Lipinski definition) is 3. The molecule has 0 radical (unpaired) electrons. The first-order valence-corrected chi connectivity index (χ1v) is 12.0. The zero-order chi connectivity index (χ0) is 21.8. The van der Waals surface area contributed by atoms with E-state index in [-0.39, 0.29) is 0 Å². The third-order valence-electron chi connectivity index (χ3n) is 7.84. The quantitative estimate of drug-likeness (QED) is 0.568. The molecule has 166 valence electrons. The summed E-state index contributed by atoms with van der Waals surface area (Å²) in [5.41, 5.74) is 8.17. The molecule has 6 rings (SSSR count). The Morgan fingerprint density at radius 2 is 1.88 bits per heavy atom. The molecule has 1 aromatic heterocycles. The second kappa shape index (κ2) is 7.58. The highest BCUT2D eigenvalue weighted by Crippen LogP contribution is 2.50. The minimum Gasteiger partial charge on any atom is -0.496 e. The van der Waals surface area contributed by atoms with Crippen molar-refractivity contribution in [1.29, 1.82) is 0 Å². The predicted molar refractivity (Wildman–Crippen MR) is 127 cm³/mol. The highest BCUT2D eigenvalue weighted by atomic mass is 16.5. The van der Waals surface area contributed by atoms with Crippen LogP contribution in [0.4, 0.5) is 5.69 Å². The SMILES string of the molecule is COc1ccc2c3c1CCN3CCCn1c-2c(C2CCCCC2)c2ccc(C(=O)O)cc21. The molecular weight excluding hydrogens is 400 g/mol. The molecule has 1 saturated carbocycles. The molecule has 0 amide bonds. The van der Waals surface area contributed by atoms with Crippen molar-refractivity contribution in [2.45, 2.75) is 57.4 Å². The van der Waals surface area contributed by atoms with Gasteiger partial charge in [-0.15, -0.1) is 0 Å². The third-order valence-corrected chi connectivity index (χ3v) is 7.84. The Balaban J connectivity index is 1.69. The summed E-state index contributed by atoms with van der Waals surface area (Å²) in [7, 11) is 1.77. The van der Waals surface area contributed by atoms with Gasteiger partial charge in [0.15, 0.2) is 0 Å². The molecular formula is C27H30N2O3. The summed E-state index contributed by atoms with van der Waals surface area (Å²) in [6.07, 6.45) is 8.37. The van der Waals surface area contributed by atoms with Crippen LogP contribution < -0.4 is 9.64 Å². The Kier molecular flexibility index (Phi) is 4.67. The number of fused-ring (bicyclic) bond motifs is 4. The van der Waals surface area contributed by atoms with Crippen molar-refractivity contribution in [3.8, 4) is 17.0 Å². The van der Waals surface area contributed by atoms with Crippen molar-refractivity contribution in [2.24, 2.45) is 0 Å². The topological polar surface area (TPSA) is 54.7 Å². The second-order valence-electron chi connectivity index (χ2n) is 9.52. The highest BCUT2D eigenvalue weighted by molar-refractivity contribution is 6.00. The van der Waals surface area contributed by atoms with Crippen LogP contribution in [0.15, 0.2) is 30.3 Å². The maximum absolute atomic E-state index is 11.8. The summed E-state index contributed by atoms with van der Waals surface area (Å²) in [4.78, 5) is 14.3. The number of carbonyl (C=O) groups is 1. The predicted octanol–water partition coefficient (Wildman–Crippen LogP) is 5.83. The molecule has 0 saturated heterocycles. The second-order valence-corrected chi connectivity index (χ2v) is 9.52. The van der Waals surface area contributed by atoms with Crippen molar-refractivity contribution < 1.29 is 14.6 Å². The molecule has 0 bridgehead atoms. The zero-order valence-corrected chi connectivity index (χ0v) is 18.7. The van der Waals surface area contributed by atoms with Gasteiger partial charge in [-0.25, -0.2) is 4.79 Å². The van der Waals surface area contributed by atoms with E-state index in [0.29, 0.717) is 11.5 Å². The van der Waals surface area contributed by atoms with Crippen LogP contribution in [-0.2, 0) is 13.0 Å². The first-order chi connectivity index (χ1) is 15.7. The number of aromatic carboxylic acids is 1. The van der Waals surface area contributed by atoms with Crippen molar-refractivity contribution >= 4 is 22.6 Å². The van der Waals surface area contributed by atoms with Crippen LogP contribution in [0, 0.1) is 0 Å². The van der Waals surface area contributed by atoms with E-state index < -0.39 is 5.97 Å². The normalized spacial score (nSPS) is 18.2. The number of methoxy groups -OCH3 is 1. The van der Waals surface area contributed by atoms with Crippen molar-refractivity contribution in [1.82, 2.24) is 4.57 Å². The molecule has 3 aromatic rings. The lowest BCUT2D eigenvalue weighted by Gasteiger charge is -2.29. The van der Waals surface area contributed by atoms with E-state index in [1.165, 1.54) is 65.6 Å². The average Bonchev–Trinajstić information content (AvgIpc) is 3.37. The van der Waals surface area contributed by atoms with Gasteiger partial charge in [-0.3, -0.25) is 0 Å². The number of aryl methyl sites for hydroxylation is 1. The molecule has 5 nitrogen and oxygen atoms in total. The Hall–Kier alpha value is -2.95. The number of anilines is 1. The molecule has 1 fully saturated rings. The first kappa shape index (κ1) is 19.7. The summed E-state index contributed by atoms with van der Waals surface area (Å²) in [5, 5.41) is 10.9. The summed E-state index contributed by atoms with van der Waals surface area (Å²) < 4.78 is 8.17. The molecule has 0 spiro atoms. The van der Waals surface area contributed by atoms with Gasteiger partial charge >= 0.3 is 5.97 Å². The number of carboxylic acid groups (broad SMARTS) is 1. The molecule has 3 aliphatic rings. The van der Waals surface area contributed by atoms with Gasteiger partial charge in [0.1, 0.15) is 5.75 Å². The lowest BCUT2D eigenvalue weighted by Crippen LogP contribution is -2.25. The Bertz CT molecular complexity index is 1220. The maximum Gasteiger partial charge on any atom is 0.335 e. The van der Waals surface area contributed by atoms with Gasteiger partial charge < -0.3 is 19.3 Å². The van der Waals surface area contributed by atoms with E-state index in [2.05, 4.69) is 27.7 Å². The molecule has 0 unspecified atom stereocenters. The Labute approximate surface area is 188 Å². The molecule has 32 heavy (non-hydrogen) atoms. The van der Waals surface area contributed by atoms with Crippen LogP contribution in [0.5, 0.6) is 5.75 Å². The van der Waals surface area contributed by atoms with Gasteiger partial charge in [0.25, 0.3) is 0 Å². The standard InChI is InChI=1S/C27H30N2O3/c1-32-23-11-10-21-25-20(23)12-15-28(25)13-5-14-29-22-16-18(27(30)31)8-9-19(22)24(26(21)29)17-6-3-2-4-7-17/h8-11,16-17H,2-7,12-15H2,1H3,(H,30,31). The fourth-order valence-corrected chi connectivity index (χ4v) is 6.44. The molecule has 1 N–H and O–H groups in total. The molecule has 2 aliphatic heterocycles. The van der Waals surface area contributed by atoms with Crippen LogP contribution in [0.2, 0.25) is 0 Å². The number of rotatable bonds is 3. The van der Waals surface area contributed by atoms with E-state index in [4.69, 9.17) is 4.74 Å². The number of hydrogen-bond donors (Lipinski definition) is 1. The number of benzene rings is 2. The van der Waals surface area contributed by atoms with Crippen LogP contribution in [-0.4, -0.2) is 35.8 Å². The maximum atomic E-state index is 11.8. The fourth-order valence-electron chi connectivity index (χ4n) is 6.44. The summed E-state index contributed by atoms with van der Waals surface area (Å²) >= 11 is 0. The molecule has 3 heterocycles. The summed E-state index contributed by atoms with van der Waals surface area (Å²) in [5.74, 6) is 0.663. The van der Waals surface area contributed by atoms with Gasteiger partial charge in [0.2, 0.25) is 0 Å². The Morgan fingerprint density at radius 3 is 2.66 bits per heavy atom. The van der Waals surface area contributed by atoms with Gasteiger partial charge in [-0.1, -0.05) is 25.3 Å². The molecule has 2 aromatic carbocycles. The van der Waals surface area contributed by atoms with Crippen molar-refractivity contribution in [3.05, 3.63) is 47.0 Å². The lowest BCUT2D eigenvalue weighted by atomic mass is 9.81. The van der Waals surface area contributed by atoms with Crippen molar-refractivity contribution in [2.75, 3.05) is 25.1 Å². The van der Waals surface area contributed by atoms with Crippen LogP contribution in [0.1, 0.15) is 65.9 Å². The monoisotopic (exact) mass is 430 g/mol. The lowest BCUT2D eigenvalue weighted by molar-refractivity contribution is 0.0697. The van der Waals surface area contributed by atoms with E-state index in [1.807, 2.05) is 6.07 Å². The minimum atomic E-state index is -0.857. The molecule has 1 aliphatic carbocycles. The van der Waals surface area contributed by atoms with Gasteiger partial charge in [0, 0.05) is 41.7 Å². The molecule has 0 atom stereocenters. The number of aromatic nitrogens is 1. The third kappa shape index (κ3) is 2.86. The van der Waals surface area contributed by atoms with Gasteiger partial charge in [-0.05, 0) is 61.4 Å². The van der Waals surface area contributed by atoms with Crippen LogP contribution in [0.3, 0.4) is 0 Å². The fraction of sp³-hybridized carbons (Fsp3) is 0.444. The average molecular weight is 431 g/mol. The van der Waals surface area contributed by atoms with E-state index in [9.17, 15) is 9.90 Å². The van der Waals surface area contributed by atoms with Crippen LogP contribution in [0.25, 0.3) is 22.2 Å². The highest BCUT2D eigenvalue weighted by Gasteiger charge is 2.33. The van der Waals surface area contributed by atoms with Gasteiger partial charge in [0.05, 0.1) is 24.1 Å². The van der Waals surface area contributed by atoms with Crippen molar-refractivity contribution in [3.63, 3.8) is 0 Å². The summed E-state index contributed by atoms with van der Waals surface area (Å²) in [6, 6.07) is 10.1. The van der Waals surface area contributed by atoms with E-state index in [1.54, 1.807) is 13.2 Å².